The molecule has 2 N–H and O–H groups in total. The second kappa shape index (κ2) is 4.97. The molecule has 1 aromatic rings. The summed E-state index contributed by atoms with van der Waals surface area (Å²) in [5.74, 6) is 0. The van der Waals surface area contributed by atoms with E-state index in [0.29, 0.717) is 6.04 Å². The first-order valence-corrected chi connectivity index (χ1v) is 5.91. The summed E-state index contributed by atoms with van der Waals surface area (Å²) >= 11 is 6.03. The van der Waals surface area contributed by atoms with E-state index >= 15 is 0 Å². The molecule has 3 heteroatoms. The fourth-order valence-corrected chi connectivity index (χ4v) is 2.26. The number of halogens is 1. The second-order valence-electron chi connectivity index (χ2n) is 3.91. The molecule has 1 aliphatic heterocycles. The molecule has 2 nitrogen and oxygen atoms in total. The highest BCUT2D eigenvalue weighted by Gasteiger charge is 2.18. The first-order valence-electron chi connectivity index (χ1n) is 5.53. The Kier molecular flexibility index (Phi) is 3.62. The van der Waals surface area contributed by atoms with Crippen molar-refractivity contribution in [3.63, 3.8) is 0 Å². The Balaban J connectivity index is 2.20. The van der Waals surface area contributed by atoms with Gasteiger partial charge in [0.05, 0.1) is 0 Å². The third-order valence-electron chi connectivity index (χ3n) is 2.87. The molecule has 0 aromatic heterocycles. The van der Waals surface area contributed by atoms with Crippen molar-refractivity contribution < 1.29 is 0 Å². The Morgan fingerprint density at radius 3 is 3.20 bits per heavy atom. The minimum atomic E-state index is 0.410. The van der Waals surface area contributed by atoms with Gasteiger partial charge in [-0.05, 0) is 42.8 Å². The van der Waals surface area contributed by atoms with Crippen LogP contribution in [0.1, 0.15) is 24.1 Å². The largest absolute Gasteiger partial charge is 0.315 e. The molecule has 0 fully saturated rings. The first-order chi connectivity index (χ1) is 7.31. The lowest BCUT2D eigenvalue weighted by atomic mass is 9.94. The molecule has 0 radical (unpaired) electrons. The smallest absolute Gasteiger partial charge is 0.0450 e. The van der Waals surface area contributed by atoms with E-state index in [2.05, 4.69) is 29.7 Å². The van der Waals surface area contributed by atoms with Crippen LogP contribution in [0, 0.1) is 0 Å². The van der Waals surface area contributed by atoms with E-state index in [0.717, 1.165) is 31.1 Å². The number of fused-ring (bicyclic) bond motifs is 1. The summed E-state index contributed by atoms with van der Waals surface area (Å²) in [4.78, 5) is 0. The molecule has 0 saturated carbocycles. The second-order valence-corrected chi connectivity index (χ2v) is 4.34. The zero-order valence-electron chi connectivity index (χ0n) is 9.02. The van der Waals surface area contributed by atoms with E-state index in [4.69, 9.17) is 11.6 Å². The molecule has 1 aromatic carbocycles. The molecular weight excluding hydrogens is 208 g/mol. The summed E-state index contributed by atoms with van der Waals surface area (Å²) in [6.07, 6.45) is 1.11. The van der Waals surface area contributed by atoms with Crippen LogP contribution in [0.5, 0.6) is 0 Å². The molecule has 1 atom stereocenters. The van der Waals surface area contributed by atoms with Gasteiger partial charge in [0.15, 0.2) is 0 Å². The van der Waals surface area contributed by atoms with Gasteiger partial charge in [0.25, 0.3) is 0 Å². The van der Waals surface area contributed by atoms with Gasteiger partial charge in [-0.2, -0.15) is 0 Å². The van der Waals surface area contributed by atoms with Gasteiger partial charge in [-0.1, -0.05) is 24.6 Å². The zero-order chi connectivity index (χ0) is 10.7. The summed E-state index contributed by atoms with van der Waals surface area (Å²) in [7, 11) is 0. The van der Waals surface area contributed by atoms with E-state index in [1.807, 2.05) is 6.07 Å². The first kappa shape index (κ1) is 10.9. The van der Waals surface area contributed by atoms with Crippen LogP contribution < -0.4 is 10.6 Å². The molecule has 0 bridgehead atoms. The van der Waals surface area contributed by atoms with Gasteiger partial charge in [0.2, 0.25) is 0 Å². The fourth-order valence-electron chi connectivity index (χ4n) is 2.08. The number of hydrogen-bond donors (Lipinski definition) is 2. The van der Waals surface area contributed by atoms with Crippen molar-refractivity contribution in [1.29, 1.82) is 0 Å². The van der Waals surface area contributed by atoms with Crippen LogP contribution >= 0.6 is 11.6 Å². The van der Waals surface area contributed by atoms with Crippen molar-refractivity contribution >= 4 is 11.6 Å². The third kappa shape index (κ3) is 2.51. The Morgan fingerprint density at radius 2 is 2.40 bits per heavy atom. The van der Waals surface area contributed by atoms with E-state index in [1.165, 1.54) is 11.1 Å². The molecule has 0 saturated heterocycles. The minimum Gasteiger partial charge on any atom is -0.315 e. The molecule has 0 amide bonds. The van der Waals surface area contributed by atoms with Gasteiger partial charge >= 0.3 is 0 Å². The zero-order valence-corrected chi connectivity index (χ0v) is 9.77. The number of rotatable bonds is 3. The summed E-state index contributed by atoms with van der Waals surface area (Å²) < 4.78 is 0. The maximum atomic E-state index is 6.03. The van der Waals surface area contributed by atoms with Crippen LogP contribution in [-0.4, -0.2) is 19.6 Å². The van der Waals surface area contributed by atoms with Crippen molar-refractivity contribution in [3.8, 4) is 0 Å². The highest BCUT2D eigenvalue weighted by molar-refractivity contribution is 6.30. The number of hydrogen-bond acceptors (Lipinski definition) is 2. The van der Waals surface area contributed by atoms with Gasteiger partial charge in [-0.25, -0.2) is 0 Å². The number of benzene rings is 1. The Labute approximate surface area is 96.0 Å². The van der Waals surface area contributed by atoms with Crippen LogP contribution in [0.4, 0.5) is 0 Å². The van der Waals surface area contributed by atoms with Crippen LogP contribution in [0.15, 0.2) is 18.2 Å². The summed E-state index contributed by atoms with van der Waals surface area (Å²) in [5, 5.41) is 7.72. The Hall–Kier alpha value is -0.570. The SMILES string of the molecule is CCNCC1NCCc2ccc(Cl)cc21. The van der Waals surface area contributed by atoms with Crippen LogP contribution in [0.2, 0.25) is 5.02 Å². The van der Waals surface area contributed by atoms with E-state index in [9.17, 15) is 0 Å². The molecule has 0 aliphatic carbocycles. The Bertz CT molecular complexity index is 338. The lowest BCUT2D eigenvalue weighted by molar-refractivity contribution is 0.474. The molecular formula is C12H17ClN2. The lowest BCUT2D eigenvalue weighted by Crippen LogP contribution is -2.36. The van der Waals surface area contributed by atoms with Crippen LogP contribution in [0.3, 0.4) is 0 Å². The predicted molar refractivity (Wildman–Crippen MR) is 64.4 cm³/mol. The standard InChI is InChI=1S/C12H17ClN2/c1-2-14-8-12-11-7-10(13)4-3-9(11)5-6-15-12/h3-4,7,12,14-15H,2,5-6,8H2,1H3. The highest BCUT2D eigenvalue weighted by Crippen LogP contribution is 2.25. The highest BCUT2D eigenvalue weighted by atomic mass is 35.5. The van der Waals surface area contributed by atoms with Gasteiger partial charge in [-0.15, -0.1) is 0 Å². The molecule has 2 rings (SSSR count). The van der Waals surface area contributed by atoms with Gasteiger partial charge < -0.3 is 10.6 Å². The van der Waals surface area contributed by atoms with Crippen LogP contribution in [-0.2, 0) is 6.42 Å². The average Bonchev–Trinajstić information content (AvgIpc) is 2.26. The molecule has 0 spiro atoms. The molecule has 82 valence electrons. The third-order valence-corrected chi connectivity index (χ3v) is 3.10. The van der Waals surface area contributed by atoms with E-state index in [1.54, 1.807) is 0 Å². The lowest BCUT2D eigenvalue weighted by Gasteiger charge is -2.27. The van der Waals surface area contributed by atoms with Gasteiger partial charge in [0, 0.05) is 17.6 Å². The normalized spacial score (nSPS) is 20.0. The van der Waals surface area contributed by atoms with Gasteiger partial charge in [-0.3, -0.25) is 0 Å². The van der Waals surface area contributed by atoms with E-state index < -0.39 is 0 Å². The minimum absolute atomic E-state index is 0.410. The summed E-state index contributed by atoms with van der Waals surface area (Å²) in [6.45, 7) is 5.17. The Morgan fingerprint density at radius 1 is 1.53 bits per heavy atom. The average molecular weight is 225 g/mol. The van der Waals surface area contributed by atoms with Gasteiger partial charge in [0.1, 0.15) is 0 Å². The summed E-state index contributed by atoms with van der Waals surface area (Å²) in [6, 6.07) is 6.63. The summed E-state index contributed by atoms with van der Waals surface area (Å²) in [5.41, 5.74) is 2.79. The monoisotopic (exact) mass is 224 g/mol. The van der Waals surface area contributed by atoms with Crippen molar-refractivity contribution in [2.24, 2.45) is 0 Å². The number of likely N-dealkylation sites (N-methyl/N-ethyl adjacent to an activating group) is 1. The molecule has 15 heavy (non-hydrogen) atoms. The van der Waals surface area contributed by atoms with Crippen molar-refractivity contribution in [2.75, 3.05) is 19.6 Å². The van der Waals surface area contributed by atoms with Crippen molar-refractivity contribution in [3.05, 3.63) is 34.3 Å². The van der Waals surface area contributed by atoms with Crippen LogP contribution in [0.25, 0.3) is 0 Å². The molecule has 1 unspecified atom stereocenters. The maximum Gasteiger partial charge on any atom is 0.0450 e. The maximum absolute atomic E-state index is 6.03. The number of nitrogens with one attached hydrogen (secondary N) is 2. The van der Waals surface area contributed by atoms with Crippen molar-refractivity contribution in [2.45, 2.75) is 19.4 Å². The quantitative estimate of drug-likeness (QED) is 0.822. The topological polar surface area (TPSA) is 24.1 Å². The van der Waals surface area contributed by atoms with Crippen molar-refractivity contribution in [1.82, 2.24) is 10.6 Å². The molecule has 1 aliphatic rings. The molecule has 1 heterocycles. The van der Waals surface area contributed by atoms with E-state index in [-0.39, 0.29) is 0 Å². The predicted octanol–water partition coefficient (Wildman–Crippen LogP) is 2.14. The fraction of sp³-hybridized carbons (Fsp3) is 0.500.